The van der Waals surface area contributed by atoms with E-state index in [2.05, 4.69) is 29.1 Å². The largest absolute Gasteiger partial charge is 0.461 e. The number of alkyl halides is 1. The fraction of sp³-hybridized carbons (Fsp3) is 0.536. The van der Waals surface area contributed by atoms with Crippen LogP contribution in [-0.2, 0) is 23.9 Å². The van der Waals surface area contributed by atoms with Gasteiger partial charge < -0.3 is 24.4 Å². The number of hydrogen-bond donors (Lipinski definition) is 1. The van der Waals surface area contributed by atoms with Gasteiger partial charge in [-0.1, -0.05) is 71.2 Å². The Morgan fingerprint density at radius 2 is 1.97 bits per heavy atom. The average Bonchev–Trinajstić information content (AvgIpc) is 3.49. The molecule has 1 N–H and O–H groups in total. The van der Waals surface area contributed by atoms with Crippen molar-refractivity contribution in [3.63, 3.8) is 0 Å². The van der Waals surface area contributed by atoms with Crippen molar-refractivity contribution in [2.24, 2.45) is 11.8 Å². The molecule has 1 aromatic rings. The van der Waals surface area contributed by atoms with Gasteiger partial charge in [0, 0.05) is 24.5 Å². The van der Waals surface area contributed by atoms with Crippen LogP contribution in [0.25, 0.3) is 0 Å². The molecule has 6 atom stereocenters. The summed E-state index contributed by atoms with van der Waals surface area (Å²) in [7, 11) is 0. The summed E-state index contributed by atoms with van der Waals surface area (Å²) in [4.78, 5) is 44.5. The van der Waals surface area contributed by atoms with Crippen LogP contribution in [0.5, 0.6) is 0 Å². The molecule has 0 aromatic heterocycles. The number of hydrogen-bond acceptors (Lipinski definition) is 6. The van der Waals surface area contributed by atoms with Gasteiger partial charge in [0.2, 0.25) is 5.91 Å². The minimum Gasteiger partial charge on any atom is -0.461 e. The molecule has 2 bridgehead atoms. The molecule has 2 amide bonds. The third kappa shape index (κ3) is 5.06. The molecule has 0 radical (unpaired) electrons. The van der Waals surface area contributed by atoms with E-state index in [0.29, 0.717) is 36.5 Å². The Bertz CT molecular complexity index is 1090. The van der Waals surface area contributed by atoms with Crippen molar-refractivity contribution in [2.75, 3.05) is 31.2 Å². The molecule has 0 aliphatic carbocycles. The van der Waals surface area contributed by atoms with Gasteiger partial charge in [0.1, 0.15) is 18.2 Å². The van der Waals surface area contributed by atoms with Crippen LogP contribution in [0.15, 0.2) is 49.6 Å². The molecule has 10 heteroatoms. The Morgan fingerprint density at radius 1 is 1.24 bits per heavy atom. The maximum Gasteiger partial charge on any atom is 0.312 e. The normalized spacial score (nSPS) is 29.3. The monoisotopic (exact) mass is 608 g/mol. The zero-order valence-corrected chi connectivity index (χ0v) is 23.6. The van der Waals surface area contributed by atoms with Crippen LogP contribution >= 0.6 is 27.5 Å². The van der Waals surface area contributed by atoms with Gasteiger partial charge in [0.05, 0.1) is 28.6 Å². The summed E-state index contributed by atoms with van der Waals surface area (Å²) < 4.78 is 11.9. The first-order valence-corrected chi connectivity index (χ1v) is 14.3. The van der Waals surface area contributed by atoms with Crippen LogP contribution in [0, 0.1) is 11.8 Å². The Hall–Kier alpha value is -2.20. The Balaban J connectivity index is 1.73. The molecular formula is C28H34BrClN2O6. The summed E-state index contributed by atoms with van der Waals surface area (Å²) in [5, 5.41) is 9.52. The number of likely N-dealkylation sites (tertiary alicyclic amines) is 1. The van der Waals surface area contributed by atoms with E-state index in [1.54, 1.807) is 35.2 Å². The molecule has 3 aliphatic heterocycles. The zero-order chi connectivity index (χ0) is 27.4. The number of unbranched alkanes of at least 4 members (excludes halogenated alkanes) is 3. The molecule has 3 heterocycles. The number of benzene rings is 1. The van der Waals surface area contributed by atoms with Crippen LogP contribution < -0.4 is 4.90 Å². The van der Waals surface area contributed by atoms with Gasteiger partial charge in [-0.3, -0.25) is 14.4 Å². The van der Waals surface area contributed by atoms with Crippen molar-refractivity contribution in [3.8, 4) is 0 Å². The number of carbonyl (C=O) groups is 3. The smallest absolute Gasteiger partial charge is 0.312 e. The number of halogens is 2. The lowest BCUT2D eigenvalue weighted by molar-refractivity contribution is -0.153. The summed E-state index contributed by atoms with van der Waals surface area (Å²) >= 11 is 10.1. The lowest BCUT2D eigenvalue weighted by atomic mass is 9.70. The highest BCUT2D eigenvalue weighted by molar-refractivity contribution is 9.09. The van der Waals surface area contributed by atoms with Gasteiger partial charge in [-0.2, -0.15) is 0 Å². The van der Waals surface area contributed by atoms with Gasteiger partial charge in [-0.05, 0) is 31.4 Å². The third-order valence-electron chi connectivity index (χ3n) is 7.67. The van der Waals surface area contributed by atoms with E-state index >= 15 is 0 Å². The summed E-state index contributed by atoms with van der Waals surface area (Å²) in [6.45, 7) is 8.07. The molecule has 8 nitrogen and oxygen atoms in total. The number of nitrogens with zero attached hydrogens (tertiary/aromatic N) is 2. The lowest BCUT2D eigenvalue weighted by Crippen LogP contribution is -2.57. The van der Waals surface area contributed by atoms with Crippen molar-refractivity contribution < 1.29 is 29.0 Å². The van der Waals surface area contributed by atoms with Crippen LogP contribution in [0.4, 0.5) is 5.69 Å². The van der Waals surface area contributed by atoms with Crippen molar-refractivity contribution in [1.82, 2.24) is 4.90 Å². The topological polar surface area (TPSA) is 96.4 Å². The highest BCUT2D eigenvalue weighted by Gasteiger charge is 2.77. The van der Waals surface area contributed by atoms with E-state index in [4.69, 9.17) is 26.2 Å². The molecule has 38 heavy (non-hydrogen) atoms. The molecule has 1 spiro atoms. The van der Waals surface area contributed by atoms with E-state index in [0.717, 1.165) is 12.8 Å². The quantitative estimate of drug-likeness (QED) is 0.158. The minimum absolute atomic E-state index is 0.0272. The number of anilines is 1. The molecule has 1 aromatic carbocycles. The molecule has 206 valence electrons. The van der Waals surface area contributed by atoms with Crippen LogP contribution in [-0.4, -0.2) is 76.7 Å². The Labute approximate surface area is 236 Å². The second-order valence-electron chi connectivity index (χ2n) is 9.94. The third-order valence-corrected chi connectivity index (χ3v) is 8.83. The van der Waals surface area contributed by atoms with Gasteiger partial charge in [-0.25, -0.2) is 0 Å². The minimum atomic E-state index is -1.18. The van der Waals surface area contributed by atoms with Gasteiger partial charge in [0.15, 0.2) is 0 Å². The highest BCUT2D eigenvalue weighted by Crippen LogP contribution is 2.60. The number of esters is 1. The first kappa shape index (κ1) is 28.8. The van der Waals surface area contributed by atoms with Gasteiger partial charge in [0.25, 0.3) is 5.91 Å². The maximum atomic E-state index is 14.4. The summed E-state index contributed by atoms with van der Waals surface area (Å²) in [5.74, 6) is -2.79. The van der Waals surface area contributed by atoms with Crippen molar-refractivity contribution in [3.05, 3.63) is 54.6 Å². The van der Waals surface area contributed by atoms with Crippen molar-refractivity contribution >= 4 is 51.0 Å². The first-order valence-electron chi connectivity index (χ1n) is 13.0. The Morgan fingerprint density at radius 3 is 2.66 bits per heavy atom. The molecular weight excluding hydrogens is 576 g/mol. The SMILES string of the molecule is C=CCOC(=O)[C@H]1[C@@H]2OC3(CC2Br)C(C(=O)N(CC=C)c2ccccc2Cl)N(CCCCCCO)C(=O)[C@H]13. The van der Waals surface area contributed by atoms with Gasteiger partial charge >= 0.3 is 5.97 Å². The van der Waals surface area contributed by atoms with Crippen LogP contribution in [0.3, 0.4) is 0 Å². The first-order chi connectivity index (χ1) is 18.3. The number of carbonyl (C=O) groups excluding carboxylic acids is 3. The fourth-order valence-corrected chi connectivity index (χ4v) is 7.34. The molecule has 3 unspecified atom stereocenters. The maximum absolute atomic E-state index is 14.4. The predicted molar refractivity (Wildman–Crippen MR) is 148 cm³/mol. The Kier molecular flexibility index (Phi) is 9.34. The average molecular weight is 610 g/mol. The predicted octanol–water partition coefficient (Wildman–Crippen LogP) is 3.89. The summed E-state index contributed by atoms with van der Waals surface area (Å²) in [5.41, 5.74) is -0.671. The molecule has 3 aliphatic rings. The second-order valence-corrected chi connectivity index (χ2v) is 11.5. The van der Waals surface area contributed by atoms with E-state index in [-0.39, 0.29) is 36.4 Å². The second kappa shape index (κ2) is 12.3. The van der Waals surface area contributed by atoms with Crippen molar-refractivity contribution in [2.45, 2.75) is 54.7 Å². The number of fused-ring (bicyclic) bond motifs is 1. The fourth-order valence-electron chi connectivity index (χ4n) is 6.16. The van der Waals surface area contributed by atoms with Gasteiger partial charge in [-0.15, -0.1) is 6.58 Å². The number of para-hydroxylation sites is 1. The summed E-state index contributed by atoms with van der Waals surface area (Å²) in [6, 6.07) is 6.09. The number of aliphatic hydroxyl groups is 1. The van der Waals surface area contributed by atoms with E-state index in [1.165, 1.54) is 11.0 Å². The molecule has 0 saturated carbocycles. The molecule has 3 saturated heterocycles. The highest BCUT2D eigenvalue weighted by atomic mass is 79.9. The lowest BCUT2D eigenvalue weighted by Gasteiger charge is -2.37. The number of rotatable bonds is 13. The van der Waals surface area contributed by atoms with E-state index in [9.17, 15) is 14.4 Å². The zero-order valence-electron chi connectivity index (χ0n) is 21.3. The summed E-state index contributed by atoms with van der Waals surface area (Å²) in [6.07, 6.45) is 5.84. The number of aliphatic hydroxyl groups excluding tert-OH is 1. The molecule has 4 rings (SSSR count). The number of amides is 2. The van der Waals surface area contributed by atoms with E-state index in [1.807, 2.05) is 0 Å². The van der Waals surface area contributed by atoms with E-state index < -0.39 is 35.6 Å². The molecule has 3 fully saturated rings. The number of ether oxygens (including phenoxy) is 2. The van der Waals surface area contributed by atoms with Crippen LogP contribution in [0.1, 0.15) is 32.1 Å². The standard InChI is InChI=1S/C28H34BrClN2O6/c1-3-13-31(20-12-8-7-11-19(20)30)26(35)24-28-17-18(29)23(38-28)21(27(36)37-16-4-2)22(28)25(34)32(24)14-9-5-6-10-15-33/h3-4,7-8,11-12,18,21-24,33H,1-2,5-6,9-10,13-17H2/t18?,21-,22+,23-,24?,28?/m1/s1. The van der Waals surface area contributed by atoms with Crippen molar-refractivity contribution in [1.29, 1.82) is 0 Å². The van der Waals surface area contributed by atoms with Crippen LogP contribution in [0.2, 0.25) is 5.02 Å².